The second-order valence-corrected chi connectivity index (χ2v) is 7.25. The van der Waals surface area contributed by atoms with Crippen molar-refractivity contribution in [3.63, 3.8) is 0 Å². The van der Waals surface area contributed by atoms with Crippen molar-refractivity contribution < 1.29 is 23.0 Å². The number of carbonyl (C=O) groups is 1. The molecule has 2 heterocycles. The molecule has 0 radical (unpaired) electrons. The molecule has 0 spiro atoms. The molecule has 1 aliphatic rings. The maximum atomic E-state index is 13.8. The Labute approximate surface area is 178 Å². The number of para-hydroxylation sites is 2. The molecule has 0 saturated heterocycles. The predicted molar refractivity (Wildman–Crippen MR) is 113 cm³/mol. The Morgan fingerprint density at radius 1 is 1.19 bits per heavy atom. The van der Waals surface area contributed by atoms with Gasteiger partial charge in [-0.2, -0.15) is 8.78 Å². The third-order valence-corrected chi connectivity index (χ3v) is 5.32. The van der Waals surface area contributed by atoms with Crippen LogP contribution in [0.4, 0.5) is 14.5 Å². The van der Waals surface area contributed by atoms with Crippen molar-refractivity contribution in [2.45, 2.75) is 26.4 Å². The van der Waals surface area contributed by atoms with E-state index in [9.17, 15) is 13.6 Å². The van der Waals surface area contributed by atoms with Gasteiger partial charge in [0, 0.05) is 11.8 Å². The number of hydrogen-bond acceptors (Lipinski definition) is 5. The number of amides is 1. The molecule has 7 nitrogen and oxygen atoms in total. The van der Waals surface area contributed by atoms with Crippen molar-refractivity contribution in [3.05, 3.63) is 48.3 Å². The van der Waals surface area contributed by atoms with Gasteiger partial charge in [-0.15, -0.1) is 0 Å². The lowest BCUT2D eigenvalue weighted by Gasteiger charge is -2.27. The minimum atomic E-state index is -2.73. The molecule has 164 valence electrons. The maximum absolute atomic E-state index is 13.8. The molecule has 0 saturated carbocycles. The molecule has 1 aromatic heterocycles. The van der Waals surface area contributed by atoms with Crippen LogP contribution in [0, 0.1) is 0 Å². The first-order valence-corrected chi connectivity index (χ1v) is 10.2. The molecule has 1 amide bonds. The summed E-state index contributed by atoms with van der Waals surface area (Å²) in [6.07, 6.45) is 0. The number of nitrogens with one attached hydrogen (secondary N) is 1. The van der Waals surface area contributed by atoms with Gasteiger partial charge in [-0.25, -0.2) is 4.98 Å². The highest BCUT2D eigenvalue weighted by molar-refractivity contribution is 5.92. The molecule has 4 rings (SSSR count). The Bertz CT molecular complexity index is 1090. The SMILES string of the molecule is CCN(CC(=O)Nc1ccc2c(c1)OCCO2)C(C)c1nc2ccccc2n1C(F)F. The predicted octanol–water partition coefficient (Wildman–Crippen LogP) is 4.22. The highest BCUT2D eigenvalue weighted by Crippen LogP contribution is 2.33. The van der Waals surface area contributed by atoms with E-state index in [-0.39, 0.29) is 18.3 Å². The standard InChI is InChI=1S/C22H24F2N4O3/c1-3-27(13-20(29)25-15-8-9-18-19(12-15)31-11-10-30-18)14(2)21-26-16-6-4-5-7-17(16)28(21)22(23)24/h4-9,12,14,22H,3,10-11,13H2,1-2H3,(H,25,29). The average molecular weight is 430 g/mol. The first kappa shape index (κ1) is 21.0. The summed E-state index contributed by atoms with van der Waals surface area (Å²) in [6, 6.07) is 11.5. The number of likely N-dealkylation sites (N-methyl/N-ethyl adjacent to an activating group) is 1. The Morgan fingerprint density at radius 3 is 2.68 bits per heavy atom. The van der Waals surface area contributed by atoms with E-state index in [1.807, 2.05) is 6.92 Å². The van der Waals surface area contributed by atoms with Crippen LogP contribution in [0.1, 0.15) is 32.3 Å². The highest BCUT2D eigenvalue weighted by Gasteiger charge is 2.26. The normalized spacial score (nSPS) is 14.3. The monoisotopic (exact) mass is 430 g/mol. The third-order valence-electron chi connectivity index (χ3n) is 5.32. The zero-order valence-corrected chi connectivity index (χ0v) is 17.3. The van der Waals surface area contributed by atoms with Gasteiger partial charge in [0.05, 0.1) is 23.6 Å². The van der Waals surface area contributed by atoms with Gasteiger partial charge in [0.15, 0.2) is 11.5 Å². The summed E-state index contributed by atoms with van der Waals surface area (Å²) in [6.45, 7) is 2.39. The second kappa shape index (κ2) is 8.89. The highest BCUT2D eigenvalue weighted by atomic mass is 19.3. The Morgan fingerprint density at radius 2 is 1.94 bits per heavy atom. The Balaban J connectivity index is 1.51. The lowest BCUT2D eigenvalue weighted by molar-refractivity contribution is -0.117. The summed E-state index contributed by atoms with van der Waals surface area (Å²) in [7, 11) is 0. The van der Waals surface area contributed by atoms with Crippen LogP contribution in [-0.2, 0) is 4.79 Å². The number of carbonyl (C=O) groups excluding carboxylic acids is 1. The molecule has 31 heavy (non-hydrogen) atoms. The molecular formula is C22H24F2N4O3. The quantitative estimate of drug-likeness (QED) is 0.608. The van der Waals surface area contributed by atoms with Crippen LogP contribution >= 0.6 is 0 Å². The van der Waals surface area contributed by atoms with Gasteiger partial charge in [-0.1, -0.05) is 19.1 Å². The van der Waals surface area contributed by atoms with E-state index in [0.29, 0.717) is 48.0 Å². The zero-order valence-electron chi connectivity index (χ0n) is 17.3. The number of anilines is 1. The van der Waals surface area contributed by atoms with Gasteiger partial charge < -0.3 is 14.8 Å². The number of alkyl halides is 2. The molecule has 0 bridgehead atoms. The van der Waals surface area contributed by atoms with Gasteiger partial charge in [0.25, 0.3) is 0 Å². The van der Waals surface area contributed by atoms with Crippen molar-refractivity contribution in [1.82, 2.24) is 14.5 Å². The fraction of sp³-hybridized carbons (Fsp3) is 0.364. The van der Waals surface area contributed by atoms with E-state index in [2.05, 4.69) is 10.3 Å². The summed E-state index contributed by atoms with van der Waals surface area (Å²) >= 11 is 0. The van der Waals surface area contributed by atoms with Gasteiger partial charge in [-0.3, -0.25) is 14.3 Å². The summed E-state index contributed by atoms with van der Waals surface area (Å²) in [5, 5.41) is 2.84. The number of aromatic nitrogens is 2. The Hall–Kier alpha value is -3.20. The average Bonchev–Trinajstić information content (AvgIpc) is 3.17. The molecule has 1 N–H and O–H groups in total. The number of nitrogens with zero attached hydrogens (tertiary/aromatic N) is 3. The molecular weight excluding hydrogens is 406 g/mol. The number of fused-ring (bicyclic) bond motifs is 2. The maximum Gasteiger partial charge on any atom is 0.320 e. The van der Waals surface area contributed by atoms with Gasteiger partial charge in [0.2, 0.25) is 5.91 Å². The number of hydrogen-bond donors (Lipinski definition) is 1. The summed E-state index contributed by atoms with van der Waals surface area (Å²) < 4.78 is 39.6. The summed E-state index contributed by atoms with van der Waals surface area (Å²) in [5.41, 5.74) is 1.45. The van der Waals surface area contributed by atoms with Gasteiger partial charge in [0.1, 0.15) is 19.0 Å². The van der Waals surface area contributed by atoms with Crippen LogP contribution in [-0.4, -0.2) is 46.7 Å². The first-order valence-electron chi connectivity index (χ1n) is 10.2. The molecule has 0 aliphatic carbocycles. The molecule has 2 aromatic carbocycles. The minimum absolute atomic E-state index is 0.0263. The summed E-state index contributed by atoms with van der Waals surface area (Å²) in [5.74, 6) is 1.18. The van der Waals surface area contributed by atoms with Crippen LogP contribution in [0.15, 0.2) is 42.5 Å². The topological polar surface area (TPSA) is 68.6 Å². The number of benzene rings is 2. The second-order valence-electron chi connectivity index (χ2n) is 7.25. The van der Waals surface area contributed by atoms with E-state index >= 15 is 0 Å². The van der Waals surface area contributed by atoms with Gasteiger partial charge in [-0.05, 0) is 37.7 Å². The molecule has 1 aliphatic heterocycles. The van der Waals surface area contributed by atoms with Gasteiger partial charge >= 0.3 is 6.55 Å². The fourth-order valence-electron chi connectivity index (χ4n) is 3.75. The van der Waals surface area contributed by atoms with Crippen LogP contribution in [0.5, 0.6) is 11.5 Å². The van der Waals surface area contributed by atoms with Crippen molar-refractivity contribution in [2.75, 3.05) is 31.6 Å². The minimum Gasteiger partial charge on any atom is -0.486 e. The zero-order chi connectivity index (χ0) is 22.0. The van der Waals surface area contributed by atoms with E-state index in [1.54, 1.807) is 54.3 Å². The van der Waals surface area contributed by atoms with E-state index in [1.165, 1.54) is 0 Å². The van der Waals surface area contributed by atoms with E-state index < -0.39 is 12.6 Å². The van der Waals surface area contributed by atoms with Crippen LogP contribution in [0.3, 0.4) is 0 Å². The number of ether oxygens (including phenoxy) is 2. The van der Waals surface area contributed by atoms with E-state index in [4.69, 9.17) is 9.47 Å². The Kier molecular flexibility index (Phi) is 6.03. The number of halogens is 2. The first-order chi connectivity index (χ1) is 15.0. The summed E-state index contributed by atoms with van der Waals surface area (Å²) in [4.78, 5) is 18.9. The molecule has 1 atom stereocenters. The molecule has 1 unspecified atom stereocenters. The number of imidazole rings is 1. The lowest BCUT2D eigenvalue weighted by Crippen LogP contribution is -2.36. The molecule has 3 aromatic rings. The largest absolute Gasteiger partial charge is 0.486 e. The van der Waals surface area contributed by atoms with Crippen molar-refractivity contribution >= 4 is 22.6 Å². The molecule has 0 fully saturated rings. The number of rotatable bonds is 7. The lowest BCUT2D eigenvalue weighted by atomic mass is 10.2. The van der Waals surface area contributed by atoms with Crippen molar-refractivity contribution in [3.8, 4) is 11.5 Å². The van der Waals surface area contributed by atoms with E-state index in [0.717, 1.165) is 4.57 Å². The molecule has 9 heteroatoms. The van der Waals surface area contributed by atoms with Crippen molar-refractivity contribution in [1.29, 1.82) is 0 Å². The van der Waals surface area contributed by atoms with Crippen LogP contribution in [0.2, 0.25) is 0 Å². The third kappa shape index (κ3) is 4.32. The fourth-order valence-corrected chi connectivity index (χ4v) is 3.75. The van der Waals surface area contributed by atoms with Crippen molar-refractivity contribution in [2.24, 2.45) is 0 Å². The smallest absolute Gasteiger partial charge is 0.320 e. The van der Waals surface area contributed by atoms with Crippen LogP contribution < -0.4 is 14.8 Å². The van der Waals surface area contributed by atoms with Crippen LogP contribution in [0.25, 0.3) is 11.0 Å².